The van der Waals surface area contributed by atoms with E-state index in [0.717, 1.165) is 11.3 Å². The summed E-state index contributed by atoms with van der Waals surface area (Å²) in [7, 11) is -2.64. The van der Waals surface area contributed by atoms with Crippen LogP contribution in [0.1, 0.15) is 6.42 Å². The van der Waals surface area contributed by atoms with Gasteiger partial charge >= 0.3 is 5.97 Å². The van der Waals surface area contributed by atoms with E-state index in [4.69, 9.17) is 23.2 Å². The van der Waals surface area contributed by atoms with Gasteiger partial charge in [-0.1, -0.05) is 47.5 Å². The monoisotopic (exact) mass is 491 g/mol. The summed E-state index contributed by atoms with van der Waals surface area (Å²) in [5.41, 5.74) is 0.291. The highest BCUT2D eigenvalue weighted by atomic mass is 35.5. The van der Waals surface area contributed by atoms with Crippen LogP contribution in [-0.4, -0.2) is 32.4 Å². The van der Waals surface area contributed by atoms with Gasteiger partial charge in [-0.25, -0.2) is 8.42 Å². The molecule has 3 rings (SSSR count). The fraction of sp³-hybridized carbons (Fsp3) is 0.167. The molecule has 0 saturated heterocycles. The van der Waals surface area contributed by atoms with E-state index in [1.165, 1.54) is 31.0 Å². The highest BCUT2D eigenvalue weighted by molar-refractivity contribution is 7.99. The molecule has 0 unspecified atom stereocenters. The topological polar surface area (TPSA) is 92.7 Å². The van der Waals surface area contributed by atoms with Gasteiger partial charge < -0.3 is 9.84 Å². The van der Waals surface area contributed by atoms with Crippen molar-refractivity contribution >= 4 is 78.8 Å². The van der Waals surface area contributed by atoms with Gasteiger partial charge in [-0.15, -0.1) is 23.1 Å². The molecule has 1 heterocycles. The van der Waals surface area contributed by atoms with Gasteiger partial charge in [0, 0.05) is 16.5 Å². The number of sulfonamides is 1. The maximum absolute atomic E-state index is 12.8. The van der Waals surface area contributed by atoms with Crippen molar-refractivity contribution in [3.8, 4) is 5.75 Å². The summed E-state index contributed by atoms with van der Waals surface area (Å²) in [5, 5.41) is 11.8. The molecule has 1 aromatic heterocycles. The van der Waals surface area contributed by atoms with Crippen LogP contribution in [0.4, 0.5) is 5.69 Å². The first-order chi connectivity index (χ1) is 13.7. The van der Waals surface area contributed by atoms with Crippen molar-refractivity contribution in [2.45, 2.75) is 15.5 Å². The minimum absolute atomic E-state index is 0.0145. The molecule has 0 amide bonds. The van der Waals surface area contributed by atoms with Crippen LogP contribution >= 0.6 is 46.3 Å². The number of aromatic hydroxyl groups is 1. The Labute approximate surface area is 185 Å². The molecule has 154 valence electrons. The lowest BCUT2D eigenvalue weighted by molar-refractivity contribution is -0.140. The largest absolute Gasteiger partial charge is 0.506 e. The number of carbonyl (C=O) groups is 1. The van der Waals surface area contributed by atoms with Gasteiger partial charge in [-0.2, -0.15) is 0 Å². The van der Waals surface area contributed by atoms with Crippen molar-refractivity contribution in [1.29, 1.82) is 0 Å². The standard InChI is InChI=1S/C18H15Cl2NO5S3/c1-26-15(22)6-7-27-14-9-13(10-4-2-3-5-11(10)17(14)23)21-29(24,25)16-8-12(19)18(20)28-16/h2-5,8-9,21,23H,6-7H2,1H3. The van der Waals surface area contributed by atoms with Crippen molar-refractivity contribution in [3.05, 3.63) is 45.8 Å². The number of benzene rings is 2. The van der Waals surface area contributed by atoms with Crippen molar-refractivity contribution in [2.24, 2.45) is 0 Å². The van der Waals surface area contributed by atoms with E-state index < -0.39 is 10.0 Å². The van der Waals surface area contributed by atoms with Crippen LogP contribution in [0.5, 0.6) is 5.75 Å². The Balaban J connectivity index is 2.00. The molecule has 0 aliphatic carbocycles. The number of thioether (sulfide) groups is 1. The van der Waals surface area contributed by atoms with Crippen molar-refractivity contribution in [3.63, 3.8) is 0 Å². The summed E-state index contributed by atoms with van der Waals surface area (Å²) in [4.78, 5) is 11.8. The zero-order chi connectivity index (χ0) is 21.2. The molecule has 0 aliphatic heterocycles. The molecule has 0 spiro atoms. The maximum Gasteiger partial charge on any atom is 0.306 e. The number of rotatable bonds is 7. The molecular formula is C18H15Cl2NO5S3. The van der Waals surface area contributed by atoms with E-state index in [9.17, 15) is 18.3 Å². The van der Waals surface area contributed by atoms with E-state index in [-0.39, 0.29) is 31.7 Å². The molecule has 0 bridgehead atoms. The maximum atomic E-state index is 12.8. The number of phenols is 1. The molecule has 0 atom stereocenters. The number of halogens is 2. The Bertz CT molecular complexity index is 1160. The number of ether oxygens (including phenoxy) is 1. The van der Waals surface area contributed by atoms with Gasteiger partial charge in [0.2, 0.25) is 0 Å². The first kappa shape index (κ1) is 22.0. The second kappa shape index (κ2) is 9.01. The first-order valence-electron chi connectivity index (χ1n) is 8.15. The smallest absolute Gasteiger partial charge is 0.306 e. The van der Waals surface area contributed by atoms with E-state index in [2.05, 4.69) is 9.46 Å². The highest BCUT2D eigenvalue weighted by Crippen LogP contribution is 2.41. The van der Waals surface area contributed by atoms with E-state index >= 15 is 0 Å². The van der Waals surface area contributed by atoms with Crippen LogP contribution < -0.4 is 4.72 Å². The van der Waals surface area contributed by atoms with Crippen LogP contribution in [-0.2, 0) is 19.6 Å². The Hall–Kier alpha value is -1.65. The second-order valence-corrected chi connectivity index (χ2v) is 10.9. The molecule has 0 aliphatic rings. The molecule has 0 fully saturated rings. The molecular weight excluding hydrogens is 477 g/mol. The zero-order valence-electron chi connectivity index (χ0n) is 14.9. The number of esters is 1. The molecule has 2 aromatic carbocycles. The molecule has 0 saturated carbocycles. The Kier molecular flexibility index (Phi) is 6.85. The number of anilines is 1. The Morgan fingerprint density at radius 1 is 1.24 bits per heavy atom. The van der Waals surface area contributed by atoms with Crippen molar-refractivity contribution in [1.82, 2.24) is 0 Å². The number of fused-ring (bicyclic) bond motifs is 1. The van der Waals surface area contributed by atoms with E-state index in [1.807, 2.05) is 0 Å². The minimum atomic E-state index is -3.94. The number of thiophene rings is 1. The van der Waals surface area contributed by atoms with Crippen LogP contribution in [0.3, 0.4) is 0 Å². The van der Waals surface area contributed by atoms with Gasteiger partial charge in [-0.3, -0.25) is 9.52 Å². The lowest BCUT2D eigenvalue weighted by Crippen LogP contribution is -2.12. The third-order valence-corrected chi connectivity index (χ3v) is 8.64. The fourth-order valence-corrected chi connectivity index (χ4v) is 6.42. The van der Waals surface area contributed by atoms with Crippen LogP contribution in [0.25, 0.3) is 10.8 Å². The van der Waals surface area contributed by atoms with Crippen molar-refractivity contribution in [2.75, 3.05) is 17.6 Å². The van der Waals surface area contributed by atoms with Crippen LogP contribution in [0.15, 0.2) is 45.5 Å². The third-order valence-electron chi connectivity index (χ3n) is 3.90. The number of hydrogen-bond donors (Lipinski definition) is 2. The van der Waals surface area contributed by atoms with Gasteiger partial charge in [0.15, 0.2) is 0 Å². The summed E-state index contributed by atoms with van der Waals surface area (Å²) in [6, 6.07) is 9.68. The average Bonchev–Trinajstić information content (AvgIpc) is 3.04. The fourth-order valence-electron chi connectivity index (χ4n) is 2.53. The Morgan fingerprint density at radius 2 is 1.93 bits per heavy atom. The number of hydrogen-bond acceptors (Lipinski definition) is 7. The summed E-state index contributed by atoms with van der Waals surface area (Å²) < 4.78 is 32.9. The molecule has 29 heavy (non-hydrogen) atoms. The SMILES string of the molecule is COC(=O)CCSc1cc(NS(=O)(=O)c2cc(Cl)c(Cl)s2)c2ccccc2c1O. The van der Waals surface area contributed by atoms with Gasteiger partial charge in [0.1, 0.15) is 14.3 Å². The zero-order valence-corrected chi connectivity index (χ0v) is 18.9. The van der Waals surface area contributed by atoms with Gasteiger partial charge in [-0.05, 0) is 12.1 Å². The number of methoxy groups -OCH3 is 1. The number of nitrogens with one attached hydrogen (secondary N) is 1. The minimum Gasteiger partial charge on any atom is -0.506 e. The van der Waals surface area contributed by atoms with Crippen molar-refractivity contribution < 1.29 is 23.1 Å². The van der Waals surface area contributed by atoms with E-state index in [1.54, 1.807) is 24.3 Å². The Morgan fingerprint density at radius 3 is 2.55 bits per heavy atom. The normalized spacial score (nSPS) is 11.6. The number of phenolic OH excluding ortho intramolecular Hbond substituents is 1. The van der Waals surface area contributed by atoms with E-state index in [0.29, 0.717) is 27.1 Å². The van der Waals surface area contributed by atoms with Crippen LogP contribution in [0.2, 0.25) is 9.36 Å². The lowest BCUT2D eigenvalue weighted by Gasteiger charge is -2.14. The van der Waals surface area contributed by atoms with Crippen LogP contribution in [0, 0.1) is 0 Å². The molecule has 11 heteroatoms. The molecule has 3 aromatic rings. The average molecular weight is 492 g/mol. The van der Waals surface area contributed by atoms with Gasteiger partial charge in [0.25, 0.3) is 10.0 Å². The molecule has 6 nitrogen and oxygen atoms in total. The summed E-state index contributed by atoms with van der Waals surface area (Å²) >= 11 is 13.9. The summed E-state index contributed by atoms with van der Waals surface area (Å²) in [6.07, 6.45) is 0.153. The quantitative estimate of drug-likeness (QED) is 0.262. The lowest BCUT2D eigenvalue weighted by atomic mass is 10.1. The first-order valence-corrected chi connectivity index (χ1v) is 12.2. The molecule has 0 radical (unpaired) electrons. The predicted octanol–water partition coefficient (Wildman–Crippen LogP) is 5.37. The summed E-state index contributed by atoms with van der Waals surface area (Å²) in [5.74, 6) is 0.00625. The third kappa shape index (κ3) is 4.92. The molecule has 2 N–H and O–H groups in total. The predicted molar refractivity (Wildman–Crippen MR) is 118 cm³/mol. The highest BCUT2D eigenvalue weighted by Gasteiger charge is 2.22. The summed E-state index contributed by atoms with van der Waals surface area (Å²) in [6.45, 7) is 0. The second-order valence-electron chi connectivity index (χ2n) is 5.78. The number of carbonyl (C=O) groups excluding carboxylic acids is 1. The van der Waals surface area contributed by atoms with Gasteiger partial charge in [0.05, 0.1) is 29.1 Å².